The lowest BCUT2D eigenvalue weighted by Gasteiger charge is -2.29. The molecule has 1 saturated heterocycles. The molecule has 114 valence electrons. The Morgan fingerprint density at radius 1 is 1.09 bits per heavy atom. The Labute approximate surface area is 131 Å². The Bertz CT molecular complexity index is 636. The second-order valence-electron chi connectivity index (χ2n) is 6.08. The number of amides is 1. The van der Waals surface area contributed by atoms with Gasteiger partial charge in [-0.05, 0) is 30.5 Å². The van der Waals surface area contributed by atoms with Gasteiger partial charge in [0.25, 0.3) is 0 Å². The van der Waals surface area contributed by atoms with Crippen LogP contribution in [0.5, 0.6) is 0 Å². The van der Waals surface area contributed by atoms with Crippen molar-refractivity contribution >= 4 is 5.91 Å². The van der Waals surface area contributed by atoms with Gasteiger partial charge in [-0.3, -0.25) is 4.79 Å². The molecular weight excluding hydrogens is 272 g/mol. The lowest BCUT2D eigenvalue weighted by Crippen LogP contribution is -2.31. The number of aryl methyl sites for hydroxylation is 1. The molecule has 3 nitrogen and oxygen atoms in total. The van der Waals surface area contributed by atoms with Crippen molar-refractivity contribution in [2.45, 2.75) is 19.4 Å². The maximum absolute atomic E-state index is 12.5. The highest BCUT2D eigenvalue weighted by Crippen LogP contribution is 2.33. The maximum atomic E-state index is 12.5. The number of nitrogens with two attached hydrogens (primary N) is 1. The van der Waals surface area contributed by atoms with Gasteiger partial charge in [-0.2, -0.15) is 0 Å². The van der Waals surface area contributed by atoms with Crippen molar-refractivity contribution < 1.29 is 4.79 Å². The van der Waals surface area contributed by atoms with Crippen LogP contribution in [0.15, 0.2) is 54.6 Å². The molecule has 1 aliphatic rings. The first-order chi connectivity index (χ1) is 10.7. The second kappa shape index (κ2) is 6.32. The first kappa shape index (κ1) is 14.8. The molecule has 0 bridgehead atoms. The van der Waals surface area contributed by atoms with E-state index in [4.69, 9.17) is 5.73 Å². The van der Waals surface area contributed by atoms with Crippen LogP contribution in [0.3, 0.4) is 0 Å². The molecule has 1 fully saturated rings. The number of likely N-dealkylation sites (tertiary alicyclic amines) is 1. The average molecular weight is 294 g/mol. The summed E-state index contributed by atoms with van der Waals surface area (Å²) in [4.78, 5) is 14.5. The number of hydrogen-bond donors (Lipinski definition) is 1. The molecule has 0 aliphatic carbocycles. The molecule has 2 aromatic rings. The van der Waals surface area contributed by atoms with Crippen molar-refractivity contribution in [3.8, 4) is 0 Å². The number of carbonyl (C=O) groups excluding carboxylic acids is 1. The van der Waals surface area contributed by atoms with Crippen molar-refractivity contribution in [1.82, 2.24) is 4.90 Å². The zero-order chi connectivity index (χ0) is 15.5. The van der Waals surface area contributed by atoms with Crippen molar-refractivity contribution in [2.24, 2.45) is 11.7 Å². The van der Waals surface area contributed by atoms with E-state index in [0.717, 1.165) is 17.7 Å². The number of benzene rings is 2. The topological polar surface area (TPSA) is 46.3 Å². The summed E-state index contributed by atoms with van der Waals surface area (Å²) in [6.07, 6.45) is 0.561. The summed E-state index contributed by atoms with van der Waals surface area (Å²) in [5.74, 6) is 0.467. The van der Waals surface area contributed by atoms with Crippen LogP contribution < -0.4 is 5.73 Å². The predicted molar refractivity (Wildman–Crippen MR) is 88.3 cm³/mol. The van der Waals surface area contributed by atoms with E-state index in [2.05, 4.69) is 43.3 Å². The van der Waals surface area contributed by atoms with Crippen LogP contribution in [0.25, 0.3) is 0 Å². The van der Waals surface area contributed by atoms with Crippen LogP contribution in [-0.4, -0.2) is 23.9 Å². The summed E-state index contributed by atoms with van der Waals surface area (Å²) in [5, 5.41) is 0. The smallest absolute Gasteiger partial charge is 0.223 e. The molecular formula is C19H22N2O. The fraction of sp³-hybridized carbons (Fsp3) is 0.316. The first-order valence-electron chi connectivity index (χ1n) is 7.80. The summed E-state index contributed by atoms with van der Waals surface area (Å²) >= 11 is 0. The van der Waals surface area contributed by atoms with Crippen molar-refractivity contribution in [2.75, 3.05) is 13.1 Å². The molecule has 0 radical (unpaired) electrons. The Balaban J connectivity index is 2.00. The zero-order valence-electron chi connectivity index (χ0n) is 12.9. The fourth-order valence-corrected chi connectivity index (χ4v) is 3.15. The van der Waals surface area contributed by atoms with E-state index >= 15 is 0 Å². The molecule has 22 heavy (non-hydrogen) atoms. The van der Waals surface area contributed by atoms with Gasteiger partial charge < -0.3 is 10.6 Å². The van der Waals surface area contributed by atoms with E-state index in [-0.39, 0.29) is 17.9 Å². The number of hydrogen-bond acceptors (Lipinski definition) is 2. The van der Waals surface area contributed by atoms with Gasteiger partial charge in [0.05, 0.1) is 6.04 Å². The molecule has 3 heteroatoms. The highest BCUT2D eigenvalue weighted by Gasteiger charge is 2.35. The summed E-state index contributed by atoms with van der Waals surface area (Å²) in [7, 11) is 0. The molecule has 1 heterocycles. The molecule has 2 aromatic carbocycles. The number of nitrogens with zero attached hydrogens (tertiary/aromatic N) is 1. The second-order valence-corrected chi connectivity index (χ2v) is 6.08. The van der Waals surface area contributed by atoms with Gasteiger partial charge in [0.15, 0.2) is 0 Å². The predicted octanol–water partition coefficient (Wildman–Crippen LogP) is 2.89. The molecule has 1 amide bonds. The third kappa shape index (κ3) is 2.90. The van der Waals surface area contributed by atoms with E-state index in [0.29, 0.717) is 13.0 Å². The highest BCUT2D eigenvalue weighted by atomic mass is 16.2. The third-order valence-corrected chi connectivity index (χ3v) is 4.39. The van der Waals surface area contributed by atoms with Crippen molar-refractivity contribution in [1.29, 1.82) is 0 Å². The molecule has 0 aromatic heterocycles. The fourth-order valence-electron chi connectivity index (χ4n) is 3.15. The molecule has 2 unspecified atom stereocenters. The van der Waals surface area contributed by atoms with Gasteiger partial charge >= 0.3 is 0 Å². The van der Waals surface area contributed by atoms with Crippen LogP contribution in [0, 0.1) is 12.8 Å². The van der Waals surface area contributed by atoms with E-state index < -0.39 is 0 Å². The maximum Gasteiger partial charge on any atom is 0.223 e. The Morgan fingerprint density at radius 2 is 1.73 bits per heavy atom. The Morgan fingerprint density at radius 3 is 2.32 bits per heavy atom. The molecule has 1 aliphatic heterocycles. The van der Waals surface area contributed by atoms with Gasteiger partial charge in [0.2, 0.25) is 5.91 Å². The monoisotopic (exact) mass is 294 g/mol. The molecule has 2 N–H and O–H groups in total. The summed E-state index contributed by atoms with van der Waals surface area (Å²) in [6, 6.07) is 18.7. The van der Waals surface area contributed by atoms with Gasteiger partial charge in [-0.25, -0.2) is 0 Å². The summed E-state index contributed by atoms with van der Waals surface area (Å²) < 4.78 is 0. The van der Waals surface area contributed by atoms with E-state index in [1.807, 2.05) is 23.1 Å². The van der Waals surface area contributed by atoms with Gasteiger partial charge in [0.1, 0.15) is 0 Å². The minimum absolute atomic E-state index is 0.0224. The van der Waals surface area contributed by atoms with E-state index in [9.17, 15) is 4.79 Å². The third-order valence-electron chi connectivity index (χ3n) is 4.39. The van der Waals surface area contributed by atoms with Crippen LogP contribution in [0.4, 0.5) is 0 Å². The van der Waals surface area contributed by atoms with Gasteiger partial charge in [-0.1, -0.05) is 60.2 Å². The van der Waals surface area contributed by atoms with Gasteiger partial charge in [0, 0.05) is 13.0 Å². The minimum atomic E-state index is -0.0224. The number of rotatable bonds is 4. The largest absolute Gasteiger partial charge is 0.331 e. The van der Waals surface area contributed by atoms with Crippen LogP contribution in [0.1, 0.15) is 29.2 Å². The van der Waals surface area contributed by atoms with Crippen molar-refractivity contribution in [3.05, 3.63) is 71.3 Å². The van der Waals surface area contributed by atoms with E-state index in [1.54, 1.807) is 0 Å². The van der Waals surface area contributed by atoms with Crippen LogP contribution in [0.2, 0.25) is 0 Å². The standard InChI is InChI=1S/C19H22N2O/c1-14-7-9-17(10-8-14)19(16-5-3-2-4-6-16)21-13-15(12-20)11-18(21)22/h2-10,15,19H,11-13,20H2,1H3. The van der Waals surface area contributed by atoms with Gasteiger partial charge in [-0.15, -0.1) is 0 Å². The summed E-state index contributed by atoms with van der Waals surface area (Å²) in [5.41, 5.74) is 9.31. The Hall–Kier alpha value is -2.13. The molecule has 0 saturated carbocycles. The number of carbonyl (C=O) groups is 1. The minimum Gasteiger partial charge on any atom is -0.331 e. The van der Waals surface area contributed by atoms with E-state index in [1.165, 1.54) is 5.56 Å². The Kier molecular flexibility index (Phi) is 4.25. The van der Waals surface area contributed by atoms with Crippen LogP contribution in [-0.2, 0) is 4.79 Å². The lowest BCUT2D eigenvalue weighted by molar-refractivity contribution is -0.129. The van der Waals surface area contributed by atoms with Crippen LogP contribution >= 0.6 is 0 Å². The molecule has 0 spiro atoms. The normalized spacial score (nSPS) is 19.5. The first-order valence-corrected chi connectivity index (χ1v) is 7.80. The van der Waals surface area contributed by atoms with Crippen molar-refractivity contribution in [3.63, 3.8) is 0 Å². The zero-order valence-corrected chi connectivity index (χ0v) is 12.9. The summed E-state index contributed by atoms with van der Waals surface area (Å²) in [6.45, 7) is 3.38. The highest BCUT2D eigenvalue weighted by molar-refractivity contribution is 5.79. The SMILES string of the molecule is Cc1ccc(C(c2ccccc2)N2CC(CN)CC2=O)cc1. The molecule has 3 rings (SSSR count). The molecule has 2 atom stereocenters. The average Bonchev–Trinajstić information content (AvgIpc) is 2.92. The lowest BCUT2D eigenvalue weighted by atomic mass is 9.96. The quantitative estimate of drug-likeness (QED) is 0.942.